The van der Waals surface area contributed by atoms with Gasteiger partial charge >= 0.3 is 0 Å². The summed E-state index contributed by atoms with van der Waals surface area (Å²) < 4.78 is 0. The van der Waals surface area contributed by atoms with E-state index in [2.05, 4.69) is 33.1 Å². The second kappa shape index (κ2) is 5.25. The van der Waals surface area contributed by atoms with Crippen LogP contribution in [-0.4, -0.2) is 32.7 Å². The van der Waals surface area contributed by atoms with Gasteiger partial charge < -0.3 is 16.1 Å². The predicted octanol–water partition coefficient (Wildman–Crippen LogP) is 0.0199. The molecule has 82 valence electrons. The number of oxime groups is 2. The highest BCUT2D eigenvalue weighted by Gasteiger charge is 2.23. The van der Waals surface area contributed by atoms with Crippen LogP contribution in [0.5, 0.6) is 0 Å². The molecular formula is C7H11N5O2S. The van der Waals surface area contributed by atoms with Crippen LogP contribution in [0.1, 0.15) is 19.3 Å². The van der Waals surface area contributed by atoms with Gasteiger partial charge in [-0.15, -0.1) is 0 Å². The van der Waals surface area contributed by atoms with E-state index in [0.29, 0.717) is 24.3 Å². The molecule has 0 aromatic rings. The average Bonchev–Trinajstić information content (AvgIpc) is 2.25. The Morgan fingerprint density at radius 1 is 1.27 bits per heavy atom. The molecule has 0 bridgehead atoms. The predicted molar refractivity (Wildman–Crippen MR) is 59.7 cm³/mol. The van der Waals surface area contributed by atoms with Gasteiger partial charge in [-0.3, -0.25) is 5.43 Å². The average molecular weight is 229 g/mol. The highest BCUT2D eigenvalue weighted by atomic mass is 32.1. The van der Waals surface area contributed by atoms with Crippen LogP contribution in [0.4, 0.5) is 0 Å². The summed E-state index contributed by atoms with van der Waals surface area (Å²) in [6.07, 6.45) is 1.87. The first-order valence-corrected chi connectivity index (χ1v) is 4.65. The largest absolute Gasteiger partial charge is 0.411 e. The summed E-state index contributed by atoms with van der Waals surface area (Å²) in [7, 11) is 0. The summed E-state index contributed by atoms with van der Waals surface area (Å²) in [4.78, 5) is 0. The third-order valence-corrected chi connectivity index (χ3v) is 1.98. The highest BCUT2D eigenvalue weighted by Crippen LogP contribution is 2.11. The van der Waals surface area contributed by atoms with E-state index in [9.17, 15) is 0 Å². The molecule has 0 spiro atoms. The smallest absolute Gasteiger partial charge is 0.184 e. The lowest BCUT2D eigenvalue weighted by Gasteiger charge is -2.15. The number of nitrogens with one attached hydrogen (secondary N) is 1. The molecule has 0 aliphatic heterocycles. The van der Waals surface area contributed by atoms with E-state index >= 15 is 0 Å². The van der Waals surface area contributed by atoms with Crippen molar-refractivity contribution in [3.05, 3.63) is 0 Å². The lowest BCUT2D eigenvalue weighted by molar-refractivity contribution is 0.316. The highest BCUT2D eigenvalue weighted by molar-refractivity contribution is 7.80. The molecule has 5 N–H and O–H groups in total. The Morgan fingerprint density at radius 3 is 2.20 bits per heavy atom. The van der Waals surface area contributed by atoms with Gasteiger partial charge in [-0.2, -0.15) is 5.10 Å². The molecular weight excluding hydrogens is 218 g/mol. The number of thiocarbonyl (C=S) groups is 1. The maximum absolute atomic E-state index is 8.72. The topological polar surface area (TPSA) is 116 Å². The van der Waals surface area contributed by atoms with Crippen LogP contribution in [0.25, 0.3) is 0 Å². The first-order chi connectivity index (χ1) is 7.19. The fraction of sp³-hybridized carbons (Fsp3) is 0.429. The van der Waals surface area contributed by atoms with E-state index in [4.69, 9.17) is 16.1 Å². The van der Waals surface area contributed by atoms with Crippen molar-refractivity contribution in [2.75, 3.05) is 0 Å². The minimum atomic E-state index is -0.0114. The van der Waals surface area contributed by atoms with Gasteiger partial charge in [0.1, 0.15) is 17.1 Å². The van der Waals surface area contributed by atoms with Crippen molar-refractivity contribution in [3.8, 4) is 0 Å². The molecule has 0 heterocycles. The zero-order chi connectivity index (χ0) is 11.3. The number of hydrazone groups is 1. The van der Waals surface area contributed by atoms with Gasteiger partial charge in [0.25, 0.3) is 0 Å². The molecule has 8 heteroatoms. The zero-order valence-corrected chi connectivity index (χ0v) is 8.66. The van der Waals surface area contributed by atoms with E-state index in [-0.39, 0.29) is 10.8 Å². The van der Waals surface area contributed by atoms with Crippen molar-refractivity contribution in [2.45, 2.75) is 19.3 Å². The molecule has 1 aliphatic rings. The Hall–Kier alpha value is -1.70. The molecule has 0 unspecified atom stereocenters. The second-order valence-corrected chi connectivity index (χ2v) is 3.32. The molecule has 0 aromatic heterocycles. The molecule has 1 rings (SSSR count). The van der Waals surface area contributed by atoms with Crippen LogP contribution in [0.15, 0.2) is 15.4 Å². The van der Waals surface area contributed by atoms with Gasteiger partial charge in [-0.05, 0) is 31.5 Å². The van der Waals surface area contributed by atoms with Crippen molar-refractivity contribution in [1.29, 1.82) is 0 Å². The van der Waals surface area contributed by atoms with Gasteiger partial charge in [0, 0.05) is 0 Å². The van der Waals surface area contributed by atoms with Crippen LogP contribution in [0, 0.1) is 0 Å². The fourth-order valence-electron chi connectivity index (χ4n) is 1.26. The third-order valence-electron chi connectivity index (χ3n) is 1.89. The summed E-state index contributed by atoms with van der Waals surface area (Å²) in [5.74, 6) is 0. The number of nitrogens with zero attached hydrogens (tertiary/aromatic N) is 3. The Balaban J connectivity index is 2.94. The maximum Gasteiger partial charge on any atom is 0.184 e. The van der Waals surface area contributed by atoms with Gasteiger partial charge in [-0.25, -0.2) is 0 Å². The molecule has 15 heavy (non-hydrogen) atoms. The standard InChI is InChI=1S/C7H11N5O2S/c8-7(15)10-9-6-4(11-13)2-1-3-5(6)12-14/h13-14H,1-3H2,(H3,8,10,15)/b9-6?,11-4-,12-5+. The molecule has 0 radical (unpaired) electrons. The molecule has 1 fully saturated rings. The summed E-state index contributed by atoms with van der Waals surface area (Å²) in [5.41, 5.74) is 8.52. The van der Waals surface area contributed by atoms with Gasteiger partial charge in [0.15, 0.2) is 5.11 Å². The Kier molecular flexibility index (Phi) is 3.98. The van der Waals surface area contributed by atoms with Crippen molar-refractivity contribution in [1.82, 2.24) is 5.43 Å². The second-order valence-electron chi connectivity index (χ2n) is 2.88. The van der Waals surface area contributed by atoms with E-state index in [1.54, 1.807) is 0 Å². The van der Waals surface area contributed by atoms with Gasteiger partial charge in [0.05, 0.1) is 0 Å². The first-order valence-electron chi connectivity index (χ1n) is 4.24. The number of nitrogens with two attached hydrogens (primary N) is 1. The Bertz CT molecular complexity index is 327. The van der Waals surface area contributed by atoms with Crippen LogP contribution >= 0.6 is 12.2 Å². The third kappa shape index (κ3) is 2.88. The summed E-state index contributed by atoms with van der Waals surface area (Å²) in [6, 6.07) is 0. The van der Waals surface area contributed by atoms with E-state index in [1.165, 1.54) is 0 Å². The minimum absolute atomic E-state index is 0.0114. The SMILES string of the molecule is NC(=S)NN=C1/C(=N\O)CCC/C1=N\O. The molecule has 0 atom stereocenters. The summed E-state index contributed by atoms with van der Waals surface area (Å²) in [5, 5.41) is 27.4. The summed E-state index contributed by atoms with van der Waals surface area (Å²) in [6.45, 7) is 0. The maximum atomic E-state index is 8.72. The first kappa shape index (κ1) is 11.4. The molecule has 7 nitrogen and oxygen atoms in total. The molecule has 0 aromatic carbocycles. The molecule has 0 saturated heterocycles. The van der Waals surface area contributed by atoms with Crippen LogP contribution in [0.2, 0.25) is 0 Å². The molecule has 0 amide bonds. The number of hydrogen-bond donors (Lipinski definition) is 4. The lowest BCUT2D eigenvalue weighted by atomic mass is 9.94. The van der Waals surface area contributed by atoms with Crippen LogP contribution < -0.4 is 11.2 Å². The van der Waals surface area contributed by atoms with Crippen LogP contribution in [-0.2, 0) is 0 Å². The Morgan fingerprint density at radius 2 is 1.80 bits per heavy atom. The van der Waals surface area contributed by atoms with Crippen LogP contribution in [0.3, 0.4) is 0 Å². The van der Waals surface area contributed by atoms with Crippen molar-refractivity contribution >= 4 is 34.5 Å². The quantitative estimate of drug-likeness (QED) is 0.287. The number of rotatable bonds is 1. The van der Waals surface area contributed by atoms with Crippen molar-refractivity contribution in [3.63, 3.8) is 0 Å². The summed E-state index contributed by atoms with van der Waals surface area (Å²) >= 11 is 4.57. The lowest BCUT2D eigenvalue weighted by Crippen LogP contribution is -2.34. The van der Waals surface area contributed by atoms with Crippen molar-refractivity contribution in [2.24, 2.45) is 21.1 Å². The van der Waals surface area contributed by atoms with Gasteiger partial charge in [0.2, 0.25) is 0 Å². The normalized spacial score (nSPS) is 24.7. The van der Waals surface area contributed by atoms with E-state index in [0.717, 1.165) is 6.42 Å². The number of hydrogen-bond acceptors (Lipinski definition) is 6. The molecule has 1 saturated carbocycles. The van der Waals surface area contributed by atoms with E-state index < -0.39 is 0 Å². The molecule has 1 aliphatic carbocycles. The monoisotopic (exact) mass is 229 g/mol. The minimum Gasteiger partial charge on any atom is -0.411 e. The van der Waals surface area contributed by atoms with E-state index in [1.807, 2.05) is 0 Å². The zero-order valence-electron chi connectivity index (χ0n) is 7.84. The van der Waals surface area contributed by atoms with Gasteiger partial charge in [-0.1, -0.05) is 10.3 Å². The van der Waals surface area contributed by atoms with Crippen molar-refractivity contribution < 1.29 is 10.4 Å². The Labute approximate surface area is 91.3 Å². The fourth-order valence-corrected chi connectivity index (χ4v) is 1.31.